The van der Waals surface area contributed by atoms with E-state index in [4.69, 9.17) is 9.47 Å². The normalized spacial score (nSPS) is 14.5. The highest BCUT2D eigenvalue weighted by Gasteiger charge is 2.79. The molecule has 0 aliphatic heterocycles. The SMILES string of the molecule is COc1cc(CC(I)CC(F)(F)C(F)(F)C(F)(F)C(F)(F)I)ccc1OC(C)=O. The van der Waals surface area contributed by atoms with Crippen LogP contribution in [0.5, 0.6) is 11.5 Å². The van der Waals surface area contributed by atoms with Gasteiger partial charge in [0.1, 0.15) is 0 Å². The molecule has 1 rings (SSSR count). The number of alkyl halides is 10. The molecule has 0 saturated heterocycles. The van der Waals surface area contributed by atoms with Crippen LogP contribution in [0.3, 0.4) is 0 Å². The van der Waals surface area contributed by atoms with Gasteiger partial charge in [-0.1, -0.05) is 28.7 Å². The molecule has 166 valence electrons. The number of halogens is 10. The van der Waals surface area contributed by atoms with E-state index in [0.29, 0.717) is 0 Å². The lowest BCUT2D eigenvalue weighted by Crippen LogP contribution is -2.60. The molecule has 0 amide bonds. The summed E-state index contributed by atoms with van der Waals surface area (Å²) < 4.78 is 110. The number of rotatable bonds is 9. The molecule has 0 saturated carbocycles. The van der Waals surface area contributed by atoms with Crippen LogP contribution in [0.4, 0.5) is 35.1 Å². The van der Waals surface area contributed by atoms with Crippen LogP contribution in [0, 0.1) is 0 Å². The minimum absolute atomic E-state index is 0.0227. The first kappa shape index (κ1) is 26.4. The summed E-state index contributed by atoms with van der Waals surface area (Å²) in [6.07, 6.45) is -2.08. The largest absolute Gasteiger partial charge is 0.493 e. The molecule has 0 aliphatic rings. The highest BCUT2D eigenvalue weighted by atomic mass is 127. The lowest BCUT2D eigenvalue weighted by Gasteiger charge is -2.35. The van der Waals surface area contributed by atoms with Crippen molar-refractivity contribution in [2.45, 2.75) is 45.4 Å². The van der Waals surface area contributed by atoms with Crippen LogP contribution in [-0.4, -0.2) is 38.7 Å². The van der Waals surface area contributed by atoms with Crippen LogP contribution < -0.4 is 9.47 Å². The predicted octanol–water partition coefficient (Wildman–Crippen LogP) is 6.29. The quantitative estimate of drug-likeness (QED) is 0.103. The zero-order valence-electron chi connectivity index (χ0n) is 14.7. The van der Waals surface area contributed by atoms with E-state index in [2.05, 4.69) is 0 Å². The van der Waals surface area contributed by atoms with Crippen molar-refractivity contribution in [2.24, 2.45) is 0 Å². The Morgan fingerprint density at radius 3 is 2.03 bits per heavy atom. The van der Waals surface area contributed by atoms with Crippen LogP contribution in [0.2, 0.25) is 0 Å². The maximum Gasteiger partial charge on any atom is 0.387 e. The molecule has 1 unspecified atom stereocenters. The molecule has 0 aliphatic carbocycles. The maximum atomic E-state index is 13.9. The van der Waals surface area contributed by atoms with E-state index in [1.807, 2.05) is 0 Å². The Labute approximate surface area is 187 Å². The molecule has 0 fully saturated rings. The number of carbonyl (C=O) groups is 1. The summed E-state index contributed by atoms with van der Waals surface area (Å²) in [5.74, 6) is -18.5. The van der Waals surface area contributed by atoms with Crippen molar-refractivity contribution in [1.29, 1.82) is 0 Å². The average molecular weight is 660 g/mol. The lowest BCUT2D eigenvalue weighted by molar-refractivity contribution is -0.343. The fourth-order valence-electron chi connectivity index (χ4n) is 2.22. The molecule has 1 aromatic rings. The molecule has 0 N–H and O–H groups in total. The molecule has 1 atom stereocenters. The first-order valence-corrected chi connectivity index (χ1v) is 9.98. The van der Waals surface area contributed by atoms with Crippen molar-refractivity contribution >= 4 is 51.2 Å². The Morgan fingerprint density at radius 1 is 1.03 bits per heavy atom. The number of benzene rings is 1. The van der Waals surface area contributed by atoms with Gasteiger partial charge < -0.3 is 9.47 Å². The lowest BCUT2D eigenvalue weighted by atomic mass is 9.97. The molecule has 0 spiro atoms. The summed E-state index contributed by atoms with van der Waals surface area (Å²) >= 11 is 1.05. The number of hydrogen-bond acceptors (Lipinski definition) is 3. The van der Waals surface area contributed by atoms with Gasteiger partial charge in [-0.2, -0.15) is 35.1 Å². The van der Waals surface area contributed by atoms with E-state index in [1.165, 1.54) is 47.9 Å². The van der Waals surface area contributed by atoms with Crippen molar-refractivity contribution in [3.05, 3.63) is 23.8 Å². The second-order valence-corrected chi connectivity index (χ2v) is 9.05. The van der Waals surface area contributed by atoms with Gasteiger partial charge in [0.2, 0.25) is 0 Å². The fourth-order valence-corrected chi connectivity index (χ4v) is 3.62. The van der Waals surface area contributed by atoms with Crippen LogP contribution in [0.1, 0.15) is 18.9 Å². The Kier molecular flexibility index (Phi) is 8.44. The summed E-state index contributed by atoms with van der Waals surface area (Å²) in [6.45, 7) is 1.13. The van der Waals surface area contributed by atoms with Crippen molar-refractivity contribution in [2.75, 3.05) is 7.11 Å². The molecule has 3 nitrogen and oxygen atoms in total. The summed E-state index contributed by atoms with van der Waals surface area (Å²) in [4.78, 5) is 11.0. The van der Waals surface area contributed by atoms with E-state index in [0.717, 1.165) is 6.92 Å². The number of methoxy groups -OCH3 is 1. The van der Waals surface area contributed by atoms with Gasteiger partial charge in [0.25, 0.3) is 0 Å². The fraction of sp³-hybridized carbons (Fsp3) is 0.562. The van der Waals surface area contributed by atoms with Crippen molar-refractivity contribution in [3.63, 3.8) is 0 Å². The highest BCUT2D eigenvalue weighted by molar-refractivity contribution is 14.1. The van der Waals surface area contributed by atoms with Crippen LogP contribution >= 0.6 is 45.2 Å². The van der Waals surface area contributed by atoms with Crippen LogP contribution in [0.15, 0.2) is 18.2 Å². The van der Waals surface area contributed by atoms with E-state index in [-0.39, 0.29) is 46.1 Å². The number of esters is 1. The zero-order valence-corrected chi connectivity index (χ0v) is 19.0. The third kappa shape index (κ3) is 5.97. The first-order chi connectivity index (χ1) is 13.0. The minimum atomic E-state index is -6.27. The number of hydrogen-bond donors (Lipinski definition) is 0. The summed E-state index contributed by atoms with van der Waals surface area (Å²) in [5, 5.41) is 0. The van der Waals surface area contributed by atoms with Gasteiger partial charge in [-0.25, -0.2) is 0 Å². The summed E-state index contributed by atoms with van der Waals surface area (Å²) in [6, 6.07) is 3.89. The predicted molar refractivity (Wildman–Crippen MR) is 104 cm³/mol. The Balaban J connectivity index is 3.01. The molecule has 1 aromatic carbocycles. The van der Waals surface area contributed by atoms with Crippen molar-refractivity contribution < 1.29 is 49.4 Å². The van der Waals surface area contributed by atoms with E-state index in [1.54, 1.807) is 0 Å². The average Bonchev–Trinajstić information content (AvgIpc) is 2.53. The summed E-state index contributed by atoms with van der Waals surface area (Å²) in [5.41, 5.74) is 0.280. The molecular weight excluding hydrogens is 646 g/mol. The van der Waals surface area contributed by atoms with Gasteiger partial charge in [0.15, 0.2) is 11.5 Å². The van der Waals surface area contributed by atoms with Gasteiger partial charge in [0.05, 0.1) is 7.11 Å². The van der Waals surface area contributed by atoms with Gasteiger partial charge >= 0.3 is 27.7 Å². The highest BCUT2D eigenvalue weighted by Crippen LogP contribution is 2.56. The van der Waals surface area contributed by atoms with Gasteiger partial charge in [-0.15, -0.1) is 0 Å². The number of carbonyl (C=O) groups excluding carboxylic acids is 1. The van der Waals surface area contributed by atoms with Gasteiger partial charge in [-0.05, 0) is 24.1 Å². The van der Waals surface area contributed by atoms with Gasteiger partial charge in [0, 0.05) is 39.9 Å². The van der Waals surface area contributed by atoms with E-state index in [9.17, 15) is 39.9 Å². The zero-order chi connectivity index (χ0) is 22.8. The second-order valence-electron chi connectivity index (χ2n) is 5.94. The molecule has 0 heterocycles. The number of ether oxygens (including phenoxy) is 2. The second kappa shape index (κ2) is 9.26. The van der Waals surface area contributed by atoms with E-state index >= 15 is 0 Å². The van der Waals surface area contributed by atoms with E-state index < -0.39 is 38.0 Å². The first-order valence-electron chi connectivity index (χ1n) is 7.66. The molecule has 0 radical (unpaired) electrons. The standard InChI is InChI=1S/C16H14F8I2O3/c1-8(27)29-11-4-3-9(6-12(11)28-2)5-10(25)7-13(17,18)14(19,20)15(21,22)16(23,24)26/h3-4,6,10H,5,7H2,1-2H3. The third-order valence-corrected chi connectivity index (χ3v) is 5.18. The van der Waals surface area contributed by atoms with Crippen molar-refractivity contribution in [3.8, 4) is 11.5 Å². The maximum absolute atomic E-state index is 13.9. The Bertz CT molecular complexity index is 737. The topological polar surface area (TPSA) is 35.5 Å². The van der Waals surface area contributed by atoms with Crippen LogP contribution in [0.25, 0.3) is 0 Å². The molecule has 0 bridgehead atoms. The van der Waals surface area contributed by atoms with Crippen LogP contribution in [-0.2, 0) is 11.2 Å². The third-order valence-electron chi connectivity index (χ3n) is 3.63. The molecule has 0 aromatic heterocycles. The monoisotopic (exact) mass is 660 g/mol. The summed E-state index contributed by atoms with van der Waals surface area (Å²) in [7, 11) is 1.23. The van der Waals surface area contributed by atoms with Crippen molar-refractivity contribution in [1.82, 2.24) is 0 Å². The smallest absolute Gasteiger partial charge is 0.387 e. The molecule has 13 heteroatoms. The Morgan fingerprint density at radius 2 is 1.59 bits per heavy atom. The van der Waals surface area contributed by atoms with Gasteiger partial charge in [-0.3, -0.25) is 4.79 Å². The molecule has 29 heavy (non-hydrogen) atoms. The Hall–Kier alpha value is -0.610. The minimum Gasteiger partial charge on any atom is -0.493 e. The molecular formula is C16H14F8I2O3.